The summed E-state index contributed by atoms with van der Waals surface area (Å²) >= 11 is 7.65. The fourth-order valence-corrected chi connectivity index (χ4v) is 5.16. The fraction of sp³-hybridized carbons (Fsp3) is 0.304. The molecule has 1 amide bonds. The van der Waals surface area contributed by atoms with Crippen molar-refractivity contribution in [3.05, 3.63) is 62.7 Å². The fourth-order valence-electron chi connectivity index (χ4n) is 3.72. The number of ether oxygens (including phenoxy) is 1. The molecule has 0 radical (unpaired) electrons. The van der Waals surface area contributed by atoms with Crippen molar-refractivity contribution in [1.29, 1.82) is 0 Å². The lowest BCUT2D eigenvalue weighted by Gasteiger charge is -2.12. The molecule has 1 aliphatic rings. The van der Waals surface area contributed by atoms with E-state index in [1.54, 1.807) is 19.1 Å². The maximum Gasteiger partial charge on any atom is 0.341 e. The first-order chi connectivity index (χ1) is 14.5. The van der Waals surface area contributed by atoms with E-state index in [1.807, 2.05) is 25.1 Å². The molecule has 0 unspecified atom stereocenters. The number of halogens is 1. The lowest BCUT2D eigenvalue weighted by Crippen LogP contribution is -2.15. The van der Waals surface area contributed by atoms with Crippen molar-refractivity contribution >= 4 is 39.8 Å². The molecule has 1 aliphatic carbocycles. The first-order valence-electron chi connectivity index (χ1n) is 9.98. The molecular formula is C23H22ClNO4S. The zero-order chi connectivity index (χ0) is 21.3. The number of rotatable bonds is 5. The highest BCUT2D eigenvalue weighted by molar-refractivity contribution is 7.17. The SMILES string of the molecule is CCOC(=O)c1c(NC(=O)c2ccc(-c3cccc(Cl)c3C)o2)sc2c1CCCC2. The molecule has 5 nitrogen and oxygen atoms in total. The highest BCUT2D eigenvalue weighted by Gasteiger charge is 2.28. The van der Waals surface area contributed by atoms with Gasteiger partial charge in [0.2, 0.25) is 0 Å². The van der Waals surface area contributed by atoms with E-state index in [1.165, 1.54) is 11.3 Å². The zero-order valence-electron chi connectivity index (χ0n) is 16.8. The van der Waals surface area contributed by atoms with Crippen LogP contribution in [-0.2, 0) is 17.6 Å². The molecule has 4 rings (SSSR count). The predicted molar refractivity (Wildman–Crippen MR) is 119 cm³/mol. The Morgan fingerprint density at radius 2 is 2.00 bits per heavy atom. The maximum atomic E-state index is 12.9. The minimum Gasteiger partial charge on any atom is -0.462 e. The third kappa shape index (κ3) is 3.89. The molecule has 156 valence electrons. The number of benzene rings is 1. The molecule has 0 fully saturated rings. The predicted octanol–water partition coefficient (Wildman–Crippen LogP) is 6.28. The molecular weight excluding hydrogens is 422 g/mol. The number of hydrogen-bond donors (Lipinski definition) is 1. The summed E-state index contributed by atoms with van der Waals surface area (Å²) in [5.41, 5.74) is 3.22. The number of furan rings is 1. The van der Waals surface area contributed by atoms with E-state index in [9.17, 15) is 9.59 Å². The van der Waals surface area contributed by atoms with Gasteiger partial charge in [0.05, 0.1) is 12.2 Å². The van der Waals surface area contributed by atoms with Crippen molar-refractivity contribution < 1.29 is 18.7 Å². The number of thiophene rings is 1. The van der Waals surface area contributed by atoms with Crippen LogP contribution in [0.25, 0.3) is 11.3 Å². The van der Waals surface area contributed by atoms with Crippen LogP contribution in [0.5, 0.6) is 0 Å². The number of carbonyl (C=O) groups is 2. The highest BCUT2D eigenvalue weighted by atomic mass is 35.5. The van der Waals surface area contributed by atoms with Crippen LogP contribution in [0.4, 0.5) is 5.00 Å². The van der Waals surface area contributed by atoms with E-state index in [-0.39, 0.29) is 18.3 Å². The number of fused-ring (bicyclic) bond motifs is 1. The van der Waals surface area contributed by atoms with Gasteiger partial charge in [0, 0.05) is 15.5 Å². The zero-order valence-corrected chi connectivity index (χ0v) is 18.4. The van der Waals surface area contributed by atoms with Crippen molar-refractivity contribution in [3.8, 4) is 11.3 Å². The Morgan fingerprint density at radius 3 is 2.80 bits per heavy atom. The summed E-state index contributed by atoms with van der Waals surface area (Å²) in [6, 6.07) is 8.93. The van der Waals surface area contributed by atoms with Crippen LogP contribution >= 0.6 is 22.9 Å². The Bertz CT molecular complexity index is 1110. The number of nitrogens with one attached hydrogen (secondary N) is 1. The Kier molecular flexibility index (Phi) is 5.97. The molecule has 0 saturated carbocycles. The van der Waals surface area contributed by atoms with Gasteiger partial charge in [-0.25, -0.2) is 4.79 Å². The van der Waals surface area contributed by atoms with E-state index in [4.69, 9.17) is 20.8 Å². The van der Waals surface area contributed by atoms with Crippen LogP contribution in [-0.4, -0.2) is 18.5 Å². The normalized spacial score (nSPS) is 13.0. The summed E-state index contributed by atoms with van der Waals surface area (Å²) in [6.07, 6.45) is 3.86. The average molecular weight is 444 g/mol. The van der Waals surface area contributed by atoms with Gasteiger partial charge in [-0.05, 0) is 68.9 Å². The molecule has 2 heterocycles. The van der Waals surface area contributed by atoms with E-state index in [0.29, 0.717) is 21.3 Å². The van der Waals surface area contributed by atoms with Gasteiger partial charge in [-0.2, -0.15) is 0 Å². The van der Waals surface area contributed by atoms with E-state index < -0.39 is 5.91 Å². The quantitative estimate of drug-likeness (QED) is 0.471. The molecule has 30 heavy (non-hydrogen) atoms. The summed E-state index contributed by atoms with van der Waals surface area (Å²) in [6.45, 7) is 3.97. The molecule has 3 aromatic rings. The third-order valence-electron chi connectivity index (χ3n) is 5.24. The van der Waals surface area contributed by atoms with Gasteiger partial charge in [-0.3, -0.25) is 4.79 Å². The monoisotopic (exact) mass is 443 g/mol. The van der Waals surface area contributed by atoms with Gasteiger partial charge in [-0.1, -0.05) is 23.7 Å². The molecule has 0 bridgehead atoms. The lowest BCUT2D eigenvalue weighted by atomic mass is 9.95. The van der Waals surface area contributed by atoms with Gasteiger partial charge in [0.1, 0.15) is 10.8 Å². The molecule has 1 aromatic carbocycles. The Labute approximate surface area is 184 Å². The smallest absolute Gasteiger partial charge is 0.341 e. The van der Waals surface area contributed by atoms with Crippen molar-refractivity contribution in [3.63, 3.8) is 0 Å². The van der Waals surface area contributed by atoms with Crippen LogP contribution in [0.3, 0.4) is 0 Å². The molecule has 0 saturated heterocycles. The minimum absolute atomic E-state index is 0.172. The number of carbonyl (C=O) groups excluding carboxylic acids is 2. The van der Waals surface area contributed by atoms with Gasteiger partial charge in [0.25, 0.3) is 5.91 Å². The van der Waals surface area contributed by atoms with E-state index >= 15 is 0 Å². The third-order valence-corrected chi connectivity index (χ3v) is 6.86. The summed E-state index contributed by atoms with van der Waals surface area (Å²) in [7, 11) is 0. The Morgan fingerprint density at radius 1 is 1.20 bits per heavy atom. The second-order valence-electron chi connectivity index (χ2n) is 7.17. The van der Waals surface area contributed by atoms with Gasteiger partial charge >= 0.3 is 5.97 Å². The van der Waals surface area contributed by atoms with Crippen molar-refractivity contribution in [1.82, 2.24) is 0 Å². The second-order valence-corrected chi connectivity index (χ2v) is 8.68. The molecule has 0 aliphatic heterocycles. The van der Waals surface area contributed by atoms with Crippen LogP contribution in [0, 0.1) is 6.92 Å². The standard InChI is InChI=1S/C23H22ClNO4S/c1-3-28-23(27)20-15-7-4-5-10-19(15)30-22(20)25-21(26)18-12-11-17(29-18)14-8-6-9-16(24)13(14)2/h6,8-9,11-12H,3-5,7,10H2,1-2H3,(H,25,26). The number of amides is 1. The molecule has 1 N–H and O–H groups in total. The number of hydrogen-bond acceptors (Lipinski definition) is 5. The Balaban J connectivity index is 1.62. The molecule has 0 spiro atoms. The maximum absolute atomic E-state index is 12.9. The summed E-state index contributed by atoms with van der Waals surface area (Å²) in [5, 5.41) is 4.04. The lowest BCUT2D eigenvalue weighted by molar-refractivity contribution is 0.0526. The number of anilines is 1. The van der Waals surface area contributed by atoms with Crippen LogP contribution in [0.1, 0.15) is 56.7 Å². The minimum atomic E-state index is -0.398. The van der Waals surface area contributed by atoms with Crippen molar-refractivity contribution in [2.45, 2.75) is 39.5 Å². The van der Waals surface area contributed by atoms with Gasteiger partial charge < -0.3 is 14.5 Å². The van der Waals surface area contributed by atoms with E-state index in [2.05, 4.69) is 5.32 Å². The average Bonchev–Trinajstić information content (AvgIpc) is 3.35. The topological polar surface area (TPSA) is 68.5 Å². The van der Waals surface area contributed by atoms with Crippen molar-refractivity contribution in [2.75, 3.05) is 11.9 Å². The Hall–Kier alpha value is -2.57. The molecule has 2 aromatic heterocycles. The largest absolute Gasteiger partial charge is 0.462 e. The van der Waals surface area contributed by atoms with Gasteiger partial charge in [0.15, 0.2) is 5.76 Å². The number of aryl methyl sites for hydroxylation is 1. The highest BCUT2D eigenvalue weighted by Crippen LogP contribution is 2.39. The second kappa shape index (κ2) is 8.66. The molecule has 7 heteroatoms. The summed E-state index contributed by atoms with van der Waals surface area (Å²) < 4.78 is 11.1. The van der Waals surface area contributed by atoms with Crippen LogP contribution < -0.4 is 5.32 Å². The first kappa shape index (κ1) is 20.7. The van der Waals surface area contributed by atoms with Gasteiger partial charge in [-0.15, -0.1) is 11.3 Å². The summed E-state index contributed by atoms with van der Waals surface area (Å²) in [4.78, 5) is 26.6. The summed E-state index contributed by atoms with van der Waals surface area (Å²) in [5.74, 6) is -0.0474. The number of esters is 1. The van der Waals surface area contributed by atoms with Crippen molar-refractivity contribution in [2.24, 2.45) is 0 Å². The van der Waals surface area contributed by atoms with E-state index in [0.717, 1.165) is 47.3 Å². The van der Waals surface area contributed by atoms with Crippen LogP contribution in [0.15, 0.2) is 34.7 Å². The molecule has 0 atom stereocenters. The first-order valence-corrected chi connectivity index (χ1v) is 11.2. The van der Waals surface area contributed by atoms with Crippen LogP contribution in [0.2, 0.25) is 5.02 Å².